The number of halogens is 1. The molecule has 0 rings (SSSR count). The zero-order valence-corrected chi connectivity index (χ0v) is 16.7. The minimum absolute atomic E-state index is 0.0605. The van der Waals surface area contributed by atoms with Gasteiger partial charge >= 0.3 is 21.2 Å². The van der Waals surface area contributed by atoms with E-state index in [1.165, 1.54) is 7.05 Å². The Morgan fingerprint density at radius 1 is 1.15 bits per heavy atom. The molecule has 0 bridgehead atoms. The van der Waals surface area contributed by atoms with E-state index in [9.17, 15) is 28.7 Å². The van der Waals surface area contributed by atoms with E-state index in [1.54, 1.807) is 0 Å². The Morgan fingerprint density at radius 2 is 1.67 bits per heavy atom. The van der Waals surface area contributed by atoms with Crippen molar-refractivity contribution in [2.45, 2.75) is 17.9 Å². The first-order valence-electron chi connectivity index (χ1n) is 7.23. The van der Waals surface area contributed by atoms with Crippen LogP contribution in [-0.2, 0) is 13.9 Å². The van der Waals surface area contributed by atoms with Crippen LogP contribution in [0, 0.1) is 4.91 Å². The van der Waals surface area contributed by atoms with Crippen LogP contribution in [0.1, 0.15) is 12.8 Å². The van der Waals surface area contributed by atoms with Crippen molar-refractivity contribution in [3.05, 3.63) is 4.91 Å². The van der Waals surface area contributed by atoms with Crippen molar-refractivity contribution in [2.75, 3.05) is 32.6 Å². The molecule has 0 aromatic heterocycles. The van der Waals surface area contributed by atoms with Crippen LogP contribution in [0.2, 0.25) is 0 Å². The molecule has 3 amide bonds. The lowest BCUT2D eigenvalue weighted by Crippen LogP contribution is -2.43. The van der Waals surface area contributed by atoms with E-state index in [0.29, 0.717) is 5.01 Å². The number of rotatable bonds is 11. The molecule has 6 N–H and O–H groups in total. The van der Waals surface area contributed by atoms with Crippen molar-refractivity contribution in [1.29, 1.82) is 0 Å². The predicted molar refractivity (Wildman–Crippen MR) is 92.5 cm³/mol. The van der Waals surface area contributed by atoms with E-state index in [1.807, 2.05) is 0 Å². The van der Waals surface area contributed by atoms with Gasteiger partial charge in [-0.15, -0.1) is 16.5 Å². The summed E-state index contributed by atoms with van der Waals surface area (Å²) >= 11 is 5.36. The van der Waals surface area contributed by atoms with Crippen LogP contribution in [0.25, 0.3) is 0 Å². The minimum Gasteiger partial charge on any atom is -0.368 e. The Bertz CT molecular complexity index is 615. The number of nitrogens with zero attached hydrogens (tertiary/aromatic N) is 3. The second-order valence-electron chi connectivity index (χ2n) is 5.33. The monoisotopic (exact) mass is 454 g/mol. The molecule has 0 heterocycles. The van der Waals surface area contributed by atoms with E-state index >= 15 is 0 Å². The Balaban J connectivity index is 4.66. The molecule has 0 atom stereocenters. The number of urea groups is 1. The van der Waals surface area contributed by atoms with Gasteiger partial charge in [-0.3, -0.25) is 13.9 Å². The molecular weight excluding hydrogens is 434 g/mol. The number of carbonyl (C=O) groups excluding carboxylic acids is 2. The van der Waals surface area contributed by atoms with Crippen LogP contribution in [0.3, 0.4) is 0 Å². The SMILES string of the molecule is CN(CCCC(O)(P(=O)(O)O)P(=O)(O)O)C(=O)CNC(=O)N(CCCl)N=O. The zero-order chi connectivity index (χ0) is 21.5. The Hall–Kier alpha value is -1.11. The lowest BCUT2D eigenvalue weighted by atomic mass is 10.3. The van der Waals surface area contributed by atoms with Crippen molar-refractivity contribution in [3.8, 4) is 0 Å². The maximum atomic E-state index is 11.9. The number of likely N-dealkylation sites (N-methyl/N-ethyl adjacent to an activating group) is 1. The average molecular weight is 455 g/mol. The molecule has 0 aliphatic heterocycles. The second kappa shape index (κ2) is 10.4. The summed E-state index contributed by atoms with van der Waals surface area (Å²) in [7, 11) is -9.88. The molecule has 27 heavy (non-hydrogen) atoms. The molecule has 0 saturated carbocycles. The fourth-order valence-electron chi connectivity index (χ4n) is 1.78. The topological polar surface area (TPSA) is 217 Å². The number of carbonyl (C=O) groups is 2. The van der Waals surface area contributed by atoms with Gasteiger partial charge in [0.25, 0.3) is 5.08 Å². The standard InChI is InChI=1S/C10H21ClN4O10P2/c1-14(8(16)7-12-9(17)15(13-19)6-4-11)5-2-3-10(18,26(20,21)22)27(23,24)25/h18H,2-7H2,1H3,(H,12,17)(H2,20,21,22)(H2,23,24,25). The van der Waals surface area contributed by atoms with Crippen LogP contribution in [0.15, 0.2) is 5.29 Å². The molecule has 14 nitrogen and oxygen atoms in total. The molecule has 0 saturated heterocycles. The normalized spacial score (nSPS) is 12.4. The third kappa shape index (κ3) is 7.43. The lowest BCUT2D eigenvalue weighted by molar-refractivity contribution is -0.128. The summed E-state index contributed by atoms with van der Waals surface area (Å²) in [5, 5.41) is 11.1. The molecule has 0 unspecified atom stereocenters. The smallest absolute Gasteiger partial charge is 0.368 e. The van der Waals surface area contributed by atoms with Crippen molar-refractivity contribution < 1.29 is 43.4 Å². The highest BCUT2D eigenvalue weighted by atomic mass is 35.5. The van der Waals surface area contributed by atoms with E-state index in [-0.39, 0.29) is 25.4 Å². The van der Waals surface area contributed by atoms with Crippen LogP contribution in [0.5, 0.6) is 0 Å². The summed E-state index contributed by atoms with van der Waals surface area (Å²) in [5.74, 6) is -0.745. The average Bonchev–Trinajstić information content (AvgIpc) is 2.54. The molecule has 0 aliphatic carbocycles. The highest BCUT2D eigenvalue weighted by Crippen LogP contribution is 2.69. The van der Waals surface area contributed by atoms with Gasteiger partial charge in [0.1, 0.15) is 0 Å². The van der Waals surface area contributed by atoms with Crippen LogP contribution < -0.4 is 5.32 Å². The Morgan fingerprint density at radius 3 is 2.07 bits per heavy atom. The second-order valence-corrected chi connectivity index (χ2v) is 9.72. The maximum absolute atomic E-state index is 11.9. The summed E-state index contributed by atoms with van der Waals surface area (Å²) in [5.41, 5.74) is 0. The molecule has 0 aliphatic rings. The van der Waals surface area contributed by atoms with Crippen molar-refractivity contribution in [3.63, 3.8) is 0 Å². The Labute approximate surface area is 158 Å². The summed E-state index contributed by atoms with van der Waals surface area (Å²) in [4.78, 5) is 70.8. The number of hydrogen-bond donors (Lipinski definition) is 6. The molecule has 158 valence electrons. The van der Waals surface area contributed by atoms with Crippen molar-refractivity contribution in [1.82, 2.24) is 15.2 Å². The van der Waals surface area contributed by atoms with Crippen LogP contribution in [0.4, 0.5) is 4.79 Å². The molecule has 17 heteroatoms. The Kier molecular flexibility index (Phi) is 10.0. The summed E-state index contributed by atoms with van der Waals surface area (Å²) in [6.07, 6.45) is -1.35. The van der Waals surface area contributed by atoms with Gasteiger partial charge in [0, 0.05) is 25.9 Å². The number of hydrogen-bond acceptors (Lipinski definition) is 7. The van der Waals surface area contributed by atoms with Gasteiger partial charge in [0.05, 0.1) is 18.4 Å². The van der Waals surface area contributed by atoms with Gasteiger partial charge in [-0.25, -0.2) is 4.79 Å². The fourth-order valence-corrected chi connectivity index (χ4v) is 4.19. The van der Waals surface area contributed by atoms with Crippen LogP contribution >= 0.6 is 26.8 Å². The number of alkyl halides is 1. The van der Waals surface area contributed by atoms with Gasteiger partial charge in [-0.1, -0.05) is 0 Å². The van der Waals surface area contributed by atoms with Gasteiger partial charge in [-0.05, 0) is 6.42 Å². The number of aliphatic hydroxyl groups is 1. The molecule has 0 aromatic carbocycles. The van der Waals surface area contributed by atoms with E-state index in [0.717, 1.165) is 4.90 Å². The van der Waals surface area contributed by atoms with Crippen molar-refractivity contribution >= 4 is 38.7 Å². The first-order valence-corrected chi connectivity index (χ1v) is 11.0. The van der Waals surface area contributed by atoms with Gasteiger partial charge < -0.3 is 34.9 Å². The fraction of sp³-hybridized carbons (Fsp3) is 0.800. The maximum Gasteiger partial charge on any atom is 0.369 e. The highest BCUT2D eigenvalue weighted by Gasteiger charge is 2.58. The van der Waals surface area contributed by atoms with Crippen LogP contribution in [-0.4, -0.2) is 84.2 Å². The minimum atomic E-state index is -5.56. The van der Waals surface area contributed by atoms with Gasteiger partial charge in [0.2, 0.25) is 5.91 Å². The summed E-state index contributed by atoms with van der Waals surface area (Å²) in [6, 6.07) is -0.968. The summed E-state index contributed by atoms with van der Waals surface area (Å²) in [6.45, 7) is -0.969. The predicted octanol–water partition coefficient (Wildman–Crippen LogP) is -0.842. The molecule has 0 spiro atoms. The lowest BCUT2D eigenvalue weighted by Gasteiger charge is -2.29. The van der Waals surface area contributed by atoms with Crippen molar-refractivity contribution in [2.24, 2.45) is 5.29 Å². The third-order valence-electron chi connectivity index (χ3n) is 3.38. The zero-order valence-electron chi connectivity index (χ0n) is 14.1. The van der Waals surface area contributed by atoms with Gasteiger partial charge in [0.15, 0.2) is 0 Å². The van der Waals surface area contributed by atoms with E-state index < -0.39 is 45.2 Å². The number of amides is 3. The highest BCUT2D eigenvalue weighted by molar-refractivity contribution is 7.72. The molecular formula is C10H21ClN4O10P2. The molecule has 0 fully saturated rings. The molecule has 0 radical (unpaired) electrons. The largest absolute Gasteiger partial charge is 0.369 e. The van der Waals surface area contributed by atoms with Gasteiger partial charge in [-0.2, -0.15) is 5.01 Å². The molecule has 0 aromatic rings. The first kappa shape index (κ1) is 25.9. The summed E-state index contributed by atoms with van der Waals surface area (Å²) < 4.78 is 22.4. The number of nitrogens with one attached hydrogen (secondary N) is 1. The number of nitroso groups, excluding NO2 is 1. The van der Waals surface area contributed by atoms with E-state index in [2.05, 4.69) is 10.6 Å². The quantitative estimate of drug-likeness (QED) is 0.0983. The van der Waals surface area contributed by atoms with E-state index in [4.69, 9.17) is 31.2 Å². The third-order valence-corrected chi connectivity index (χ3v) is 7.43. The first-order chi connectivity index (χ1) is 12.2.